The van der Waals surface area contributed by atoms with Crippen LogP contribution in [0.4, 0.5) is 0 Å². The number of rotatable bonds is 4. The molecule has 0 saturated carbocycles. The van der Waals surface area contributed by atoms with Gasteiger partial charge in [0.2, 0.25) is 6.79 Å². The van der Waals surface area contributed by atoms with Crippen molar-refractivity contribution in [2.24, 2.45) is 0 Å². The van der Waals surface area contributed by atoms with Crippen LogP contribution in [-0.4, -0.2) is 34.1 Å². The standard InChI is InChI=1S/C19H18O7/c1-21-13-7-16(23-3)15(22-2)4-11(13)10-6-19(20)26-14-8-18-17(5-12(10)14)24-9-25-18/h4-5,7-8,10H,6,9H2,1-3H3/t10-/m0/s1. The van der Waals surface area contributed by atoms with Crippen molar-refractivity contribution in [1.82, 2.24) is 0 Å². The molecule has 0 spiro atoms. The SMILES string of the molecule is COc1cc(OC)c([C@@H]2CC(=O)Oc3cc4c(cc32)OCO4)cc1OC. The number of methoxy groups -OCH3 is 3. The molecular weight excluding hydrogens is 340 g/mol. The number of ether oxygens (including phenoxy) is 6. The second kappa shape index (κ2) is 6.33. The van der Waals surface area contributed by atoms with Gasteiger partial charge in [0.15, 0.2) is 23.0 Å². The van der Waals surface area contributed by atoms with Crippen LogP contribution < -0.4 is 28.4 Å². The molecule has 2 heterocycles. The van der Waals surface area contributed by atoms with Gasteiger partial charge in [0.05, 0.1) is 27.8 Å². The van der Waals surface area contributed by atoms with Crippen molar-refractivity contribution in [3.8, 4) is 34.5 Å². The lowest BCUT2D eigenvalue weighted by atomic mass is 9.85. The van der Waals surface area contributed by atoms with E-state index in [1.807, 2.05) is 12.1 Å². The first-order valence-electron chi connectivity index (χ1n) is 8.08. The van der Waals surface area contributed by atoms with E-state index in [-0.39, 0.29) is 25.1 Å². The fourth-order valence-electron chi connectivity index (χ4n) is 3.34. The quantitative estimate of drug-likeness (QED) is 0.615. The second-order valence-electron chi connectivity index (χ2n) is 5.92. The molecule has 7 heteroatoms. The highest BCUT2D eigenvalue weighted by Gasteiger charge is 2.33. The monoisotopic (exact) mass is 358 g/mol. The average Bonchev–Trinajstić information content (AvgIpc) is 3.11. The summed E-state index contributed by atoms with van der Waals surface area (Å²) in [6.45, 7) is 0.149. The molecule has 4 rings (SSSR count). The van der Waals surface area contributed by atoms with Crippen molar-refractivity contribution in [3.05, 3.63) is 35.4 Å². The van der Waals surface area contributed by atoms with Gasteiger partial charge >= 0.3 is 5.97 Å². The van der Waals surface area contributed by atoms with E-state index in [1.165, 1.54) is 0 Å². The van der Waals surface area contributed by atoms with E-state index < -0.39 is 0 Å². The van der Waals surface area contributed by atoms with E-state index in [2.05, 4.69) is 0 Å². The molecule has 2 aliphatic rings. The third kappa shape index (κ3) is 2.56. The Morgan fingerprint density at radius 3 is 2.15 bits per heavy atom. The lowest BCUT2D eigenvalue weighted by Crippen LogP contribution is -2.21. The number of hydrogen-bond donors (Lipinski definition) is 0. The van der Waals surface area contributed by atoms with Gasteiger partial charge in [-0.25, -0.2) is 0 Å². The molecule has 136 valence electrons. The van der Waals surface area contributed by atoms with Crippen LogP contribution in [0.2, 0.25) is 0 Å². The summed E-state index contributed by atoms with van der Waals surface area (Å²) in [6, 6.07) is 7.12. The van der Waals surface area contributed by atoms with Gasteiger partial charge in [-0.15, -0.1) is 0 Å². The highest BCUT2D eigenvalue weighted by atomic mass is 16.7. The Hall–Kier alpha value is -3.09. The summed E-state index contributed by atoms with van der Waals surface area (Å²) >= 11 is 0. The molecule has 1 atom stereocenters. The molecule has 2 aliphatic heterocycles. The molecule has 0 unspecified atom stereocenters. The van der Waals surface area contributed by atoms with Gasteiger partial charge < -0.3 is 28.4 Å². The Morgan fingerprint density at radius 1 is 0.808 bits per heavy atom. The minimum absolute atomic E-state index is 0.149. The van der Waals surface area contributed by atoms with Gasteiger partial charge in [-0.1, -0.05) is 0 Å². The zero-order valence-corrected chi connectivity index (χ0v) is 14.7. The first-order valence-corrected chi connectivity index (χ1v) is 8.08. The first kappa shape index (κ1) is 16.4. The van der Waals surface area contributed by atoms with Crippen LogP contribution in [-0.2, 0) is 4.79 Å². The van der Waals surface area contributed by atoms with E-state index in [9.17, 15) is 4.79 Å². The molecule has 26 heavy (non-hydrogen) atoms. The van der Waals surface area contributed by atoms with Gasteiger partial charge in [-0.05, 0) is 12.1 Å². The highest BCUT2D eigenvalue weighted by Crippen LogP contribution is 2.49. The molecule has 0 N–H and O–H groups in total. The molecule has 7 nitrogen and oxygen atoms in total. The number of carbonyl (C=O) groups is 1. The Balaban J connectivity index is 1.88. The normalized spacial score (nSPS) is 17.3. The molecule has 0 radical (unpaired) electrons. The molecule has 0 saturated heterocycles. The van der Waals surface area contributed by atoms with Gasteiger partial charge in [0, 0.05) is 29.2 Å². The highest BCUT2D eigenvalue weighted by molar-refractivity contribution is 5.79. The third-order valence-electron chi connectivity index (χ3n) is 4.59. The van der Waals surface area contributed by atoms with Gasteiger partial charge in [-0.2, -0.15) is 0 Å². The summed E-state index contributed by atoms with van der Waals surface area (Å²) < 4.78 is 32.6. The summed E-state index contributed by atoms with van der Waals surface area (Å²) in [5.74, 6) is 2.79. The van der Waals surface area contributed by atoms with Crippen LogP contribution >= 0.6 is 0 Å². The maximum absolute atomic E-state index is 12.2. The predicted octanol–water partition coefficient (Wildman–Crippen LogP) is 2.88. The fraction of sp³-hybridized carbons (Fsp3) is 0.316. The lowest BCUT2D eigenvalue weighted by Gasteiger charge is -2.27. The Morgan fingerprint density at radius 2 is 1.46 bits per heavy atom. The molecule has 0 fully saturated rings. The fourth-order valence-corrected chi connectivity index (χ4v) is 3.34. The van der Waals surface area contributed by atoms with E-state index in [0.29, 0.717) is 34.5 Å². The van der Waals surface area contributed by atoms with Gasteiger partial charge in [0.25, 0.3) is 0 Å². The first-order chi connectivity index (χ1) is 12.6. The molecule has 0 bridgehead atoms. The second-order valence-corrected chi connectivity index (χ2v) is 5.92. The Labute approximate surface area is 150 Å². The average molecular weight is 358 g/mol. The topological polar surface area (TPSA) is 72.5 Å². The smallest absolute Gasteiger partial charge is 0.312 e. The number of carbonyl (C=O) groups excluding carboxylic acids is 1. The maximum Gasteiger partial charge on any atom is 0.312 e. The minimum atomic E-state index is -0.321. The van der Waals surface area contributed by atoms with Crippen molar-refractivity contribution in [1.29, 1.82) is 0 Å². The van der Waals surface area contributed by atoms with E-state index in [0.717, 1.165) is 11.1 Å². The number of fused-ring (bicyclic) bond motifs is 2. The molecule has 0 amide bonds. The van der Waals surface area contributed by atoms with Crippen molar-refractivity contribution < 1.29 is 33.2 Å². The van der Waals surface area contributed by atoms with Crippen molar-refractivity contribution in [2.75, 3.05) is 28.1 Å². The molecule has 0 aliphatic carbocycles. The summed E-state index contributed by atoms with van der Waals surface area (Å²) in [4.78, 5) is 12.2. The van der Waals surface area contributed by atoms with Crippen LogP contribution in [0.15, 0.2) is 24.3 Å². The number of benzene rings is 2. The third-order valence-corrected chi connectivity index (χ3v) is 4.59. The zero-order chi connectivity index (χ0) is 18.3. The van der Waals surface area contributed by atoms with Crippen LogP contribution in [0.5, 0.6) is 34.5 Å². The summed E-state index contributed by atoms with van der Waals surface area (Å²) in [5, 5.41) is 0. The van der Waals surface area contributed by atoms with E-state index in [4.69, 9.17) is 28.4 Å². The van der Waals surface area contributed by atoms with E-state index in [1.54, 1.807) is 33.5 Å². The zero-order valence-electron chi connectivity index (χ0n) is 14.7. The predicted molar refractivity (Wildman–Crippen MR) is 90.8 cm³/mol. The van der Waals surface area contributed by atoms with E-state index >= 15 is 0 Å². The largest absolute Gasteiger partial charge is 0.496 e. The van der Waals surface area contributed by atoms with Crippen LogP contribution in [0.25, 0.3) is 0 Å². The van der Waals surface area contributed by atoms with Crippen molar-refractivity contribution in [3.63, 3.8) is 0 Å². The molecule has 2 aromatic rings. The summed E-state index contributed by atoms with van der Waals surface area (Å²) in [6.07, 6.45) is 0.179. The summed E-state index contributed by atoms with van der Waals surface area (Å²) in [7, 11) is 4.70. The Kier molecular flexibility index (Phi) is 3.99. The van der Waals surface area contributed by atoms with Crippen molar-refractivity contribution in [2.45, 2.75) is 12.3 Å². The Bertz CT molecular complexity index is 875. The maximum atomic E-state index is 12.2. The molecule has 0 aromatic heterocycles. The van der Waals surface area contributed by atoms with Crippen molar-refractivity contribution >= 4 is 5.97 Å². The van der Waals surface area contributed by atoms with Crippen LogP contribution in [0, 0.1) is 0 Å². The number of hydrogen-bond acceptors (Lipinski definition) is 7. The molecule has 2 aromatic carbocycles. The lowest BCUT2D eigenvalue weighted by molar-refractivity contribution is -0.135. The minimum Gasteiger partial charge on any atom is -0.496 e. The number of esters is 1. The van der Waals surface area contributed by atoms with Gasteiger partial charge in [-0.3, -0.25) is 4.79 Å². The molecular formula is C19H18O7. The van der Waals surface area contributed by atoms with Gasteiger partial charge in [0.1, 0.15) is 11.5 Å². The summed E-state index contributed by atoms with van der Waals surface area (Å²) in [5.41, 5.74) is 1.64. The van der Waals surface area contributed by atoms with Crippen LogP contribution in [0.3, 0.4) is 0 Å². The van der Waals surface area contributed by atoms with Crippen LogP contribution in [0.1, 0.15) is 23.5 Å².